The Morgan fingerprint density at radius 2 is 0.606 bits per heavy atom. The molecule has 1 N–H and O–H groups in total. The van der Waals surface area contributed by atoms with E-state index in [-0.39, 0.29) is 6.61 Å². The first-order valence-electron chi connectivity index (χ1n) is 12.6. The number of hydrogen-bond donors (Lipinski definition) is 1. The van der Waals surface area contributed by atoms with Crippen LogP contribution in [0.4, 0.5) is 0 Å². The Morgan fingerprint density at radius 3 is 0.939 bits per heavy atom. The molecule has 0 aromatic rings. The van der Waals surface area contributed by atoms with Crippen LogP contribution in [0, 0.1) is 0 Å². The minimum atomic E-state index is 0.0351. The summed E-state index contributed by atoms with van der Waals surface area (Å²) in [5, 5.41) is 8.55. The lowest BCUT2D eigenvalue weighted by Crippen LogP contribution is -2.15. The van der Waals surface area contributed by atoms with E-state index >= 15 is 0 Å². The van der Waals surface area contributed by atoms with Gasteiger partial charge >= 0.3 is 0 Å². The van der Waals surface area contributed by atoms with Crippen molar-refractivity contribution >= 4 is 0 Å². The summed E-state index contributed by atoms with van der Waals surface area (Å²) in [6.07, 6.45) is 7.70. The van der Waals surface area contributed by atoms with E-state index in [9.17, 15) is 0 Å². The average molecular weight is 483 g/mol. The summed E-state index contributed by atoms with van der Waals surface area (Å²) < 4.78 is 43.2. The van der Waals surface area contributed by atoms with Crippen LogP contribution in [0.5, 0.6) is 0 Å². The van der Waals surface area contributed by atoms with E-state index in [4.69, 9.17) is 43.0 Å². The van der Waals surface area contributed by atoms with Gasteiger partial charge in [-0.05, 0) is 6.42 Å². The molecule has 0 aliphatic rings. The lowest BCUT2D eigenvalue weighted by molar-refractivity contribution is -0.0238. The normalized spacial score (nSPS) is 11.5. The Kier molecular flexibility index (Phi) is 31.3. The van der Waals surface area contributed by atoms with Crippen LogP contribution in [-0.4, -0.2) is 117 Å². The van der Waals surface area contributed by atoms with Crippen LogP contribution in [0.1, 0.15) is 45.4 Å². The summed E-state index contributed by atoms with van der Waals surface area (Å²) in [6, 6.07) is 0. The third-order valence-electron chi connectivity index (χ3n) is 4.48. The summed E-state index contributed by atoms with van der Waals surface area (Å²) in [4.78, 5) is 0. The maximum absolute atomic E-state index is 8.55. The first-order valence-corrected chi connectivity index (χ1v) is 12.6. The maximum Gasteiger partial charge on any atom is 0.0701 e. The molecule has 33 heavy (non-hydrogen) atoms. The van der Waals surface area contributed by atoms with Crippen LogP contribution in [0.3, 0.4) is 0 Å². The van der Waals surface area contributed by atoms with Crippen molar-refractivity contribution in [3.8, 4) is 0 Å². The third-order valence-corrected chi connectivity index (χ3v) is 4.48. The molecule has 9 nitrogen and oxygen atoms in total. The molecule has 0 aliphatic heterocycles. The minimum absolute atomic E-state index is 0.0351. The SMILES string of the molecule is CCCCCCCCOCCOCCOCCOCCOCCOCCOCCOCCO. The number of aliphatic hydroxyl groups is 1. The van der Waals surface area contributed by atoms with Crippen molar-refractivity contribution in [2.45, 2.75) is 45.4 Å². The molecule has 0 unspecified atom stereocenters. The first kappa shape index (κ1) is 32.6. The Bertz CT molecular complexity index is 305. The fourth-order valence-corrected chi connectivity index (χ4v) is 2.69. The van der Waals surface area contributed by atoms with Gasteiger partial charge in [0.2, 0.25) is 0 Å². The Hall–Kier alpha value is -0.360. The predicted molar refractivity (Wildman–Crippen MR) is 127 cm³/mol. The lowest BCUT2D eigenvalue weighted by Gasteiger charge is -2.08. The molecular formula is C24H50O9. The quantitative estimate of drug-likeness (QED) is 0.155. The molecule has 0 saturated heterocycles. The zero-order valence-corrected chi connectivity index (χ0v) is 21.0. The van der Waals surface area contributed by atoms with Crippen molar-refractivity contribution in [1.82, 2.24) is 0 Å². The molecule has 0 saturated carbocycles. The minimum Gasteiger partial charge on any atom is -0.394 e. The average Bonchev–Trinajstić information content (AvgIpc) is 2.83. The second kappa shape index (κ2) is 31.6. The van der Waals surface area contributed by atoms with E-state index in [0.29, 0.717) is 99.1 Å². The summed E-state index contributed by atoms with van der Waals surface area (Å²) in [7, 11) is 0. The topological polar surface area (TPSA) is 94.1 Å². The van der Waals surface area contributed by atoms with Crippen LogP contribution in [-0.2, 0) is 37.9 Å². The standard InChI is InChI=1S/C24H50O9/c1-2-3-4-5-6-7-9-26-11-13-28-15-17-30-19-21-32-23-24-33-22-20-31-18-16-29-14-12-27-10-8-25/h25H,2-24H2,1H3. The maximum atomic E-state index is 8.55. The van der Waals surface area contributed by atoms with Crippen molar-refractivity contribution in [3.63, 3.8) is 0 Å². The molecule has 200 valence electrons. The van der Waals surface area contributed by atoms with Gasteiger partial charge in [0, 0.05) is 6.61 Å². The van der Waals surface area contributed by atoms with Crippen LogP contribution >= 0.6 is 0 Å². The summed E-state index contributed by atoms with van der Waals surface area (Å²) in [5.74, 6) is 0. The first-order chi connectivity index (χ1) is 16.4. The van der Waals surface area contributed by atoms with E-state index in [2.05, 4.69) is 6.92 Å². The molecular weight excluding hydrogens is 432 g/mol. The number of ether oxygens (including phenoxy) is 8. The van der Waals surface area contributed by atoms with Gasteiger partial charge in [0.1, 0.15) is 0 Å². The van der Waals surface area contributed by atoms with E-state index in [1.807, 2.05) is 0 Å². The Labute approximate surface area is 201 Å². The smallest absolute Gasteiger partial charge is 0.0701 e. The van der Waals surface area contributed by atoms with Gasteiger partial charge in [0.25, 0.3) is 0 Å². The van der Waals surface area contributed by atoms with E-state index < -0.39 is 0 Å². The molecule has 0 atom stereocenters. The largest absolute Gasteiger partial charge is 0.394 e. The molecule has 0 radical (unpaired) electrons. The second-order valence-corrected chi connectivity index (χ2v) is 7.39. The van der Waals surface area contributed by atoms with Crippen molar-refractivity contribution in [1.29, 1.82) is 0 Å². The monoisotopic (exact) mass is 482 g/mol. The number of rotatable bonds is 30. The highest BCUT2D eigenvalue weighted by atomic mass is 16.6. The molecule has 0 rings (SSSR count). The highest BCUT2D eigenvalue weighted by Gasteiger charge is 1.95. The molecule has 0 bridgehead atoms. The number of hydrogen-bond acceptors (Lipinski definition) is 9. The lowest BCUT2D eigenvalue weighted by atomic mass is 10.1. The molecule has 9 heteroatoms. The fraction of sp³-hybridized carbons (Fsp3) is 1.00. The van der Waals surface area contributed by atoms with Crippen LogP contribution in [0.25, 0.3) is 0 Å². The highest BCUT2D eigenvalue weighted by Crippen LogP contribution is 2.04. The zero-order valence-electron chi connectivity index (χ0n) is 21.0. The van der Waals surface area contributed by atoms with Crippen molar-refractivity contribution in [2.24, 2.45) is 0 Å². The molecule has 0 spiro atoms. The van der Waals surface area contributed by atoms with Gasteiger partial charge in [-0.3, -0.25) is 0 Å². The van der Waals surface area contributed by atoms with Crippen LogP contribution in [0.15, 0.2) is 0 Å². The zero-order chi connectivity index (χ0) is 23.9. The molecule has 0 aromatic carbocycles. The second-order valence-electron chi connectivity index (χ2n) is 7.39. The summed E-state index contributed by atoms with van der Waals surface area (Å²) in [6.45, 7) is 11.1. The third kappa shape index (κ3) is 31.6. The number of unbranched alkanes of at least 4 members (excludes halogenated alkanes) is 5. The summed E-state index contributed by atoms with van der Waals surface area (Å²) >= 11 is 0. The van der Waals surface area contributed by atoms with E-state index in [0.717, 1.165) is 13.0 Å². The highest BCUT2D eigenvalue weighted by molar-refractivity contribution is 4.43. The van der Waals surface area contributed by atoms with Gasteiger partial charge in [-0.15, -0.1) is 0 Å². The van der Waals surface area contributed by atoms with Gasteiger partial charge in [0.05, 0.1) is 106 Å². The van der Waals surface area contributed by atoms with Gasteiger partial charge in [0.15, 0.2) is 0 Å². The molecule has 0 heterocycles. The predicted octanol–water partition coefficient (Wildman–Crippen LogP) is 2.47. The van der Waals surface area contributed by atoms with Gasteiger partial charge in [-0.25, -0.2) is 0 Å². The fourth-order valence-electron chi connectivity index (χ4n) is 2.69. The Balaban J connectivity index is 2.99. The molecule has 0 amide bonds. The van der Waals surface area contributed by atoms with E-state index in [1.54, 1.807) is 0 Å². The Morgan fingerprint density at radius 1 is 0.333 bits per heavy atom. The van der Waals surface area contributed by atoms with Crippen LogP contribution in [0.2, 0.25) is 0 Å². The van der Waals surface area contributed by atoms with Crippen molar-refractivity contribution in [2.75, 3.05) is 112 Å². The van der Waals surface area contributed by atoms with Gasteiger partial charge in [-0.1, -0.05) is 39.0 Å². The summed E-state index contributed by atoms with van der Waals surface area (Å²) in [5.41, 5.74) is 0. The van der Waals surface area contributed by atoms with Gasteiger partial charge < -0.3 is 43.0 Å². The molecule has 0 aliphatic carbocycles. The van der Waals surface area contributed by atoms with Gasteiger partial charge in [-0.2, -0.15) is 0 Å². The van der Waals surface area contributed by atoms with E-state index in [1.165, 1.54) is 32.1 Å². The molecule has 0 aromatic heterocycles. The van der Waals surface area contributed by atoms with Crippen molar-refractivity contribution < 1.29 is 43.0 Å². The van der Waals surface area contributed by atoms with Crippen LogP contribution < -0.4 is 0 Å². The number of aliphatic hydroxyl groups excluding tert-OH is 1. The molecule has 0 fully saturated rings. The van der Waals surface area contributed by atoms with Crippen molar-refractivity contribution in [3.05, 3.63) is 0 Å².